The van der Waals surface area contributed by atoms with E-state index in [1.165, 1.54) is 36.5 Å². The first-order valence-corrected chi connectivity index (χ1v) is 9.42. The Morgan fingerprint density at radius 2 is 1.83 bits per heavy atom. The number of carbonyl (C=O) groups excluding carboxylic acids is 1. The smallest absolute Gasteiger partial charge is 0.335 e. The van der Waals surface area contributed by atoms with Crippen molar-refractivity contribution < 1.29 is 23.8 Å². The highest BCUT2D eigenvalue weighted by atomic mass is 35.5. The first-order valence-electron chi connectivity index (χ1n) is 8.67. The highest BCUT2D eigenvalue weighted by molar-refractivity contribution is 6.32. The summed E-state index contributed by atoms with van der Waals surface area (Å²) in [6.45, 7) is 1.74. The number of ether oxygens (including phenoxy) is 1. The number of carbonyl (C=O) groups is 2. The van der Waals surface area contributed by atoms with Crippen molar-refractivity contribution in [1.82, 2.24) is 10.3 Å². The predicted octanol–water partition coefficient (Wildman–Crippen LogP) is 5.51. The van der Waals surface area contributed by atoms with Gasteiger partial charge in [-0.2, -0.15) is 0 Å². The summed E-state index contributed by atoms with van der Waals surface area (Å²) < 4.78 is 18.9. The van der Waals surface area contributed by atoms with Crippen LogP contribution in [0.15, 0.2) is 54.7 Å². The summed E-state index contributed by atoms with van der Waals surface area (Å²) in [5.74, 6) is -2.02. The van der Waals surface area contributed by atoms with Gasteiger partial charge in [-0.1, -0.05) is 35.3 Å². The molecule has 1 aromatic heterocycles. The summed E-state index contributed by atoms with van der Waals surface area (Å²) >= 11 is 12.0. The summed E-state index contributed by atoms with van der Waals surface area (Å²) in [5.41, 5.74) is 0.896. The maximum absolute atomic E-state index is 13.3. The van der Waals surface area contributed by atoms with Gasteiger partial charge in [-0.15, -0.1) is 0 Å². The van der Waals surface area contributed by atoms with Crippen LogP contribution in [0.25, 0.3) is 0 Å². The number of halogens is 3. The van der Waals surface area contributed by atoms with Gasteiger partial charge in [0.25, 0.3) is 5.91 Å². The van der Waals surface area contributed by atoms with Crippen LogP contribution in [0.2, 0.25) is 10.0 Å². The van der Waals surface area contributed by atoms with Gasteiger partial charge in [0.05, 0.1) is 21.7 Å². The average molecular weight is 449 g/mol. The van der Waals surface area contributed by atoms with E-state index in [9.17, 15) is 14.0 Å². The van der Waals surface area contributed by atoms with Crippen molar-refractivity contribution >= 4 is 35.1 Å². The quantitative estimate of drug-likeness (QED) is 0.518. The normalized spacial score (nSPS) is 11.6. The van der Waals surface area contributed by atoms with Gasteiger partial charge in [-0.05, 0) is 48.9 Å². The average Bonchev–Trinajstić information content (AvgIpc) is 2.71. The van der Waals surface area contributed by atoms with Crippen molar-refractivity contribution in [2.24, 2.45) is 0 Å². The maximum Gasteiger partial charge on any atom is 0.335 e. The zero-order valence-corrected chi connectivity index (χ0v) is 17.0. The molecule has 3 aromatic rings. The fourth-order valence-corrected chi connectivity index (χ4v) is 2.97. The summed E-state index contributed by atoms with van der Waals surface area (Å²) in [5, 5.41) is 12.0. The summed E-state index contributed by atoms with van der Waals surface area (Å²) in [6.07, 6.45) is 1.30. The fraction of sp³-hybridized carbons (Fsp3) is 0.0952. The van der Waals surface area contributed by atoms with Gasteiger partial charge in [0, 0.05) is 6.20 Å². The minimum absolute atomic E-state index is 0.0185. The van der Waals surface area contributed by atoms with Crippen LogP contribution in [-0.4, -0.2) is 22.0 Å². The molecule has 154 valence electrons. The fourth-order valence-electron chi connectivity index (χ4n) is 2.60. The molecule has 6 nitrogen and oxygen atoms in total. The molecule has 0 aliphatic rings. The van der Waals surface area contributed by atoms with E-state index in [-0.39, 0.29) is 32.8 Å². The lowest BCUT2D eigenvalue weighted by Crippen LogP contribution is -2.27. The minimum atomic E-state index is -1.04. The van der Waals surface area contributed by atoms with E-state index in [0.717, 1.165) is 6.07 Å². The van der Waals surface area contributed by atoms with Crippen LogP contribution in [0, 0.1) is 5.82 Å². The lowest BCUT2D eigenvalue weighted by atomic mass is 10.1. The molecule has 0 fully saturated rings. The van der Waals surface area contributed by atoms with Crippen molar-refractivity contribution in [3.8, 4) is 11.6 Å². The number of pyridine rings is 1. The number of amides is 1. The molecule has 30 heavy (non-hydrogen) atoms. The molecule has 0 unspecified atom stereocenters. The number of hydrogen-bond donors (Lipinski definition) is 2. The van der Waals surface area contributed by atoms with Gasteiger partial charge in [0.2, 0.25) is 5.88 Å². The number of hydrogen-bond acceptors (Lipinski definition) is 4. The molecular weight excluding hydrogens is 434 g/mol. The second-order valence-corrected chi connectivity index (χ2v) is 7.15. The molecule has 9 heteroatoms. The molecule has 0 aliphatic heterocycles. The third-order valence-electron chi connectivity index (χ3n) is 4.17. The van der Waals surface area contributed by atoms with E-state index in [0.29, 0.717) is 5.56 Å². The molecule has 1 atom stereocenters. The topological polar surface area (TPSA) is 88.5 Å². The molecular formula is C21H15Cl2FN2O4. The summed E-state index contributed by atoms with van der Waals surface area (Å²) in [7, 11) is 0. The van der Waals surface area contributed by atoms with Crippen LogP contribution in [0.5, 0.6) is 11.6 Å². The van der Waals surface area contributed by atoms with Gasteiger partial charge < -0.3 is 15.2 Å². The molecule has 1 amide bonds. The van der Waals surface area contributed by atoms with Gasteiger partial charge in [-0.3, -0.25) is 4.79 Å². The monoisotopic (exact) mass is 448 g/mol. The van der Waals surface area contributed by atoms with Crippen molar-refractivity contribution in [3.63, 3.8) is 0 Å². The van der Waals surface area contributed by atoms with Crippen molar-refractivity contribution in [2.45, 2.75) is 13.0 Å². The van der Waals surface area contributed by atoms with Crippen molar-refractivity contribution in [1.29, 1.82) is 0 Å². The van der Waals surface area contributed by atoms with Crippen LogP contribution in [0.3, 0.4) is 0 Å². The lowest BCUT2D eigenvalue weighted by molar-refractivity contribution is 0.0696. The number of nitrogens with zero attached hydrogens (tertiary/aromatic N) is 1. The van der Waals surface area contributed by atoms with Gasteiger partial charge >= 0.3 is 5.97 Å². The number of carboxylic acids is 1. The van der Waals surface area contributed by atoms with Crippen LogP contribution in [0.4, 0.5) is 4.39 Å². The minimum Gasteiger partial charge on any atom is -0.478 e. The molecule has 0 saturated carbocycles. The molecule has 1 heterocycles. The zero-order chi connectivity index (χ0) is 21.8. The highest BCUT2D eigenvalue weighted by Gasteiger charge is 2.19. The first-order chi connectivity index (χ1) is 14.2. The third-order valence-corrected chi connectivity index (χ3v) is 4.67. The van der Waals surface area contributed by atoms with E-state index in [2.05, 4.69) is 10.3 Å². The Morgan fingerprint density at radius 1 is 1.13 bits per heavy atom. The van der Waals surface area contributed by atoms with Gasteiger partial charge in [-0.25, -0.2) is 14.2 Å². The molecule has 0 aliphatic carbocycles. The zero-order valence-electron chi connectivity index (χ0n) is 15.5. The Hall–Kier alpha value is -3.16. The van der Waals surface area contributed by atoms with Gasteiger partial charge in [0.15, 0.2) is 0 Å². The van der Waals surface area contributed by atoms with Crippen LogP contribution < -0.4 is 10.1 Å². The SMILES string of the molecule is C[C@H](NC(=O)c1cc(Cl)cnc1Oc1ccc(F)cc1Cl)c1ccc(C(=O)O)cc1. The number of benzene rings is 2. The molecule has 2 aromatic carbocycles. The number of rotatable bonds is 6. The van der Waals surface area contributed by atoms with E-state index in [1.807, 2.05) is 0 Å². The molecule has 0 bridgehead atoms. The van der Waals surface area contributed by atoms with Crippen LogP contribution in [-0.2, 0) is 0 Å². The van der Waals surface area contributed by atoms with Crippen molar-refractivity contribution in [3.05, 3.63) is 87.3 Å². The standard InChI is InChI=1S/C21H15Cl2FN2O4/c1-11(12-2-4-13(5-3-12)21(28)29)26-19(27)16-8-14(22)10-25-20(16)30-18-7-6-15(24)9-17(18)23/h2-11H,1H3,(H,26,27)(H,28,29)/t11-/m0/s1. The maximum atomic E-state index is 13.3. The molecule has 2 N–H and O–H groups in total. The number of aromatic carboxylic acids is 1. The molecule has 3 rings (SSSR count). The molecule has 0 radical (unpaired) electrons. The lowest BCUT2D eigenvalue weighted by Gasteiger charge is -2.16. The summed E-state index contributed by atoms with van der Waals surface area (Å²) in [4.78, 5) is 27.8. The highest BCUT2D eigenvalue weighted by Crippen LogP contribution is 2.31. The van der Waals surface area contributed by atoms with Crippen LogP contribution in [0.1, 0.15) is 39.2 Å². The van der Waals surface area contributed by atoms with E-state index >= 15 is 0 Å². The number of nitrogens with one attached hydrogen (secondary N) is 1. The van der Waals surface area contributed by atoms with E-state index in [1.54, 1.807) is 19.1 Å². The predicted molar refractivity (Wildman–Crippen MR) is 110 cm³/mol. The Kier molecular flexibility index (Phi) is 6.54. The van der Waals surface area contributed by atoms with E-state index in [4.69, 9.17) is 33.0 Å². The Labute approximate surface area is 181 Å². The van der Waals surface area contributed by atoms with Crippen LogP contribution >= 0.6 is 23.2 Å². The second-order valence-electron chi connectivity index (χ2n) is 6.31. The summed E-state index contributed by atoms with van der Waals surface area (Å²) in [6, 6.07) is 10.6. The molecule has 0 spiro atoms. The van der Waals surface area contributed by atoms with Crippen molar-refractivity contribution in [2.75, 3.05) is 0 Å². The largest absolute Gasteiger partial charge is 0.478 e. The Balaban J connectivity index is 1.82. The first kappa shape index (κ1) is 21.5. The number of carboxylic acid groups (broad SMARTS) is 1. The molecule has 0 saturated heterocycles. The number of aromatic nitrogens is 1. The Morgan fingerprint density at radius 3 is 2.47 bits per heavy atom. The third kappa shape index (κ3) is 5.06. The van der Waals surface area contributed by atoms with Gasteiger partial charge in [0.1, 0.15) is 17.1 Å². The van der Waals surface area contributed by atoms with E-state index < -0.39 is 23.7 Å². The second kappa shape index (κ2) is 9.11. The Bertz CT molecular complexity index is 1110.